The average Bonchev–Trinajstić information content (AvgIpc) is 2.25. The fourth-order valence-electron chi connectivity index (χ4n) is 2.37. The predicted molar refractivity (Wildman–Crippen MR) is 68.4 cm³/mol. The lowest BCUT2D eigenvalue weighted by molar-refractivity contribution is 0.113. The lowest BCUT2D eigenvalue weighted by atomic mass is 9.90. The number of likely N-dealkylation sites (N-methyl/N-ethyl adjacent to an activating group) is 1. The molecular formula is C14H22N2. The summed E-state index contributed by atoms with van der Waals surface area (Å²) in [6.07, 6.45) is 5.16. The summed E-state index contributed by atoms with van der Waals surface area (Å²) in [5.74, 6) is 0. The molecule has 0 spiro atoms. The minimum absolute atomic E-state index is 0.493. The van der Waals surface area contributed by atoms with Crippen LogP contribution in [0.25, 0.3) is 0 Å². The van der Waals surface area contributed by atoms with E-state index in [1.54, 1.807) is 0 Å². The Kier molecular flexibility index (Phi) is 3.97. The zero-order valence-corrected chi connectivity index (χ0v) is 10.1. The highest BCUT2D eigenvalue weighted by atomic mass is 15.2. The van der Waals surface area contributed by atoms with E-state index in [2.05, 4.69) is 42.3 Å². The van der Waals surface area contributed by atoms with Gasteiger partial charge >= 0.3 is 0 Å². The van der Waals surface area contributed by atoms with Gasteiger partial charge in [0.25, 0.3) is 0 Å². The summed E-state index contributed by atoms with van der Waals surface area (Å²) < 4.78 is 0. The largest absolute Gasteiger partial charge is 0.329 e. The van der Waals surface area contributed by atoms with Crippen molar-refractivity contribution in [1.82, 2.24) is 4.90 Å². The predicted octanol–water partition coefficient (Wildman–Crippen LogP) is 2.04. The molecule has 0 saturated heterocycles. The van der Waals surface area contributed by atoms with Gasteiger partial charge < -0.3 is 5.73 Å². The van der Waals surface area contributed by atoms with Gasteiger partial charge in [-0.15, -0.1) is 0 Å². The Bertz CT molecular complexity index is 306. The molecule has 88 valence electrons. The number of benzene rings is 1. The summed E-state index contributed by atoms with van der Waals surface area (Å²) >= 11 is 0. The first-order valence-electron chi connectivity index (χ1n) is 6.27. The first-order chi connectivity index (χ1) is 7.81. The number of nitrogens with zero attached hydrogens (tertiary/aromatic N) is 1. The van der Waals surface area contributed by atoms with Crippen LogP contribution in [-0.2, 0) is 6.42 Å². The number of hydrogen-bond donors (Lipinski definition) is 1. The van der Waals surface area contributed by atoms with Crippen LogP contribution in [0.1, 0.15) is 24.8 Å². The third kappa shape index (κ3) is 2.63. The molecule has 0 bridgehead atoms. The van der Waals surface area contributed by atoms with Crippen molar-refractivity contribution in [3.8, 4) is 0 Å². The van der Waals surface area contributed by atoms with E-state index in [1.165, 1.54) is 24.8 Å². The SMILES string of the molecule is CN(C1CCC1)C(CN)Cc1ccccc1. The van der Waals surface area contributed by atoms with Gasteiger partial charge in [-0.1, -0.05) is 36.8 Å². The van der Waals surface area contributed by atoms with Crippen LogP contribution in [0.5, 0.6) is 0 Å². The molecule has 2 N–H and O–H groups in total. The maximum absolute atomic E-state index is 5.90. The van der Waals surface area contributed by atoms with Crippen LogP contribution < -0.4 is 5.73 Å². The van der Waals surface area contributed by atoms with Crippen molar-refractivity contribution in [2.45, 2.75) is 37.8 Å². The van der Waals surface area contributed by atoms with E-state index >= 15 is 0 Å². The molecule has 1 aromatic rings. The van der Waals surface area contributed by atoms with E-state index in [1.807, 2.05) is 0 Å². The van der Waals surface area contributed by atoms with Crippen molar-refractivity contribution < 1.29 is 0 Å². The van der Waals surface area contributed by atoms with Crippen molar-refractivity contribution >= 4 is 0 Å². The monoisotopic (exact) mass is 218 g/mol. The van der Waals surface area contributed by atoms with Crippen molar-refractivity contribution in [2.75, 3.05) is 13.6 Å². The van der Waals surface area contributed by atoms with E-state index in [9.17, 15) is 0 Å². The summed E-state index contributed by atoms with van der Waals surface area (Å²) in [5, 5.41) is 0. The van der Waals surface area contributed by atoms with Crippen LogP contribution in [-0.4, -0.2) is 30.6 Å². The molecule has 1 aliphatic rings. The molecule has 1 aromatic carbocycles. The van der Waals surface area contributed by atoms with E-state index in [0.29, 0.717) is 6.04 Å². The van der Waals surface area contributed by atoms with Crippen LogP contribution >= 0.6 is 0 Å². The summed E-state index contributed by atoms with van der Waals surface area (Å²) in [6, 6.07) is 11.9. The van der Waals surface area contributed by atoms with Gasteiger partial charge in [0.2, 0.25) is 0 Å². The third-order valence-electron chi connectivity index (χ3n) is 3.81. The van der Waals surface area contributed by atoms with Gasteiger partial charge in [-0.05, 0) is 31.9 Å². The Morgan fingerprint density at radius 1 is 1.31 bits per heavy atom. The summed E-state index contributed by atoms with van der Waals surface area (Å²) in [4.78, 5) is 2.48. The Morgan fingerprint density at radius 3 is 2.50 bits per heavy atom. The fourth-order valence-corrected chi connectivity index (χ4v) is 2.37. The number of rotatable bonds is 5. The first kappa shape index (κ1) is 11.6. The molecule has 2 nitrogen and oxygen atoms in total. The second-order valence-corrected chi connectivity index (χ2v) is 4.83. The molecule has 0 aliphatic heterocycles. The first-order valence-corrected chi connectivity index (χ1v) is 6.27. The van der Waals surface area contributed by atoms with E-state index < -0.39 is 0 Å². The Balaban J connectivity index is 1.94. The van der Waals surface area contributed by atoms with Gasteiger partial charge in [-0.2, -0.15) is 0 Å². The van der Waals surface area contributed by atoms with Crippen molar-refractivity contribution in [1.29, 1.82) is 0 Å². The number of nitrogens with two attached hydrogens (primary N) is 1. The van der Waals surface area contributed by atoms with Crippen LogP contribution in [0.4, 0.5) is 0 Å². The molecular weight excluding hydrogens is 196 g/mol. The molecule has 2 rings (SSSR count). The minimum atomic E-state index is 0.493. The highest BCUT2D eigenvalue weighted by Crippen LogP contribution is 2.25. The Morgan fingerprint density at radius 2 is 2.00 bits per heavy atom. The minimum Gasteiger partial charge on any atom is -0.329 e. The lowest BCUT2D eigenvalue weighted by Gasteiger charge is -2.39. The Hall–Kier alpha value is -0.860. The highest BCUT2D eigenvalue weighted by Gasteiger charge is 2.26. The maximum Gasteiger partial charge on any atom is 0.0258 e. The normalized spacial score (nSPS) is 18.4. The molecule has 0 heterocycles. The standard InChI is InChI=1S/C14H22N2/c1-16(13-8-5-9-13)14(11-15)10-12-6-3-2-4-7-12/h2-4,6-7,13-14H,5,8-11,15H2,1H3. The quantitative estimate of drug-likeness (QED) is 0.819. The van der Waals surface area contributed by atoms with Gasteiger partial charge in [0.05, 0.1) is 0 Å². The van der Waals surface area contributed by atoms with Gasteiger partial charge in [0, 0.05) is 18.6 Å². The zero-order chi connectivity index (χ0) is 11.4. The van der Waals surface area contributed by atoms with Crippen LogP contribution in [0.2, 0.25) is 0 Å². The van der Waals surface area contributed by atoms with Gasteiger partial charge in [-0.25, -0.2) is 0 Å². The van der Waals surface area contributed by atoms with Crippen molar-refractivity contribution in [3.63, 3.8) is 0 Å². The molecule has 1 aliphatic carbocycles. The summed E-state index contributed by atoms with van der Waals surface area (Å²) in [6.45, 7) is 0.752. The molecule has 1 saturated carbocycles. The topological polar surface area (TPSA) is 29.3 Å². The lowest BCUT2D eigenvalue weighted by Crippen LogP contribution is -2.48. The molecule has 1 atom stereocenters. The third-order valence-corrected chi connectivity index (χ3v) is 3.81. The van der Waals surface area contributed by atoms with E-state index in [4.69, 9.17) is 5.73 Å². The highest BCUT2D eigenvalue weighted by molar-refractivity contribution is 5.16. The van der Waals surface area contributed by atoms with E-state index in [0.717, 1.165) is 19.0 Å². The van der Waals surface area contributed by atoms with E-state index in [-0.39, 0.29) is 0 Å². The summed E-state index contributed by atoms with van der Waals surface area (Å²) in [5.41, 5.74) is 7.29. The second-order valence-electron chi connectivity index (χ2n) is 4.83. The zero-order valence-electron chi connectivity index (χ0n) is 10.1. The van der Waals surface area contributed by atoms with Gasteiger partial charge in [0.15, 0.2) is 0 Å². The van der Waals surface area contributed by atoms with Crippen LogP contribution in [0, 0.1) is 0 Å². The van der Waals surface area contributed by atoms with Gasteiger partial charge in [-0.3, -0.25) is 4.90 Å². The van der Waals surface area contributed by atoms with Gasteiger partial charge in [0.1, 0.15) is 0 Å². The molecule has 16 heavy (non-hydrogen) atoms. The number of hydrogen-bond acceptors (Lipinski definition) is 2. The molecule has 0 amide bonds. The fraction of sp³-hybridized carbons (Fsp3) is 0.571. The smallest absolute Gasteiger partial charge is 0.0258 e. The second kappa shape index (κ2) is 5.46. The average molecular weight is 218 g/mol. The summed E-state index contributed by atoms with van der Waals surface area (Å²) in [7, 11) is 2.23. The molecule has 1 fully saturated rings. The van der Waals surface area contributed by atoms with Crippen LogP contribution in [0.3, 0.4) is 0 Å². The van der Waals surface area contributed by atoms with Crippen LogP contribution in [0.15, 0.2) is 30.3 Å². The molecule has 1 unspecified atom stereocenters. The molecule has 0 aromatic heterocycles. The molecule has 2 heteroatoms. The maximum atomic E-state index is 5.90. The Labute approximate surface area is 98.4 Å². The van der Waals surface area contributed by atoms with Crippen molar-refractivity contribution in [2.24, 2.45) is 5.73 Å². The van der Waals surface area contributed by atoms with Crippen molar-refractivity contribution in [3.05, 3.63) is 35.9 Å². The molecule has 0 radical (unpaired) electrons.